The first kappa shape index (κ1) is 45.0. The molecule has 0 saturated carbocycles. The molecule has 0 unspecified atom stereocenters. The number of benzene rings is 5. The fraction of sp³-hybridized carbons (Fsp3) is 0.149. The quantitative estimate of drug-likeness (QED) is 0.0828. The van der Waals surface area contributed by atoms with Gasteiger partial charge in [0.15, 0.2) is 11.4 Å². The van der Waals surface area contributed by atoms with Crippen molar-refractivity contribution in [2.24, 2.45) is 0 Å². The summed E-state index contributed by atoms with van der Waals surface area (Å²) < 4.78 is 47.0. The van der Waals surface area contributed by atoms with Crippen molar-refractivity contribution >= 4 is 35.4 Å². The van der Waals surface area contributed by atoms with E-state index >= 15 is 0 Å². The molecule has 322 valence electrons. The van der Waals surface area contributed by atoms with E-state index in [0.29, 0.717) is 6.54 Å². The summed E-state index contributed by atoms with van der Waals surface area (Å²) in [6, 6.07) is 40.9. The molecule has 7 rings (SSSR count). The van der Waals surface area contributed by atoms with Gasteiger partial charge in [0, 0.05) is 10.6 Å². The van der Waals surface area contributed by atoms with Gasteiger partial charge in [0.2, 0.25) is 11.7 Å². The molecule has 2 atom stereocenters. The first-order valence-electron chi connectivity index (χ1n) is 19.3. The molecular weight excluding hydrogens is 839 g/mol. The molecule has 0 radical (unpaired) electrons. The lowest BCUT2D eigenvalue weighted by atomic mass is 9.98. The van der Waals surface area contributed by atoms with Crippen LogP contribution in [-0.4, -0.2) is 48.7 Å². The molecule has 0 aliphatic heterocycles. The number of nitrogens with zero attached hydrogens (tertiary/aromatic N) is 3. The van der Waals surface area contributed by atoms with Crippen LogP contribution in [0.3, 0.4) is 0 Å². The van der Waals surface area contributed by atoms with E-state index in [1.54, 1.807) is 41.1 Å². The van der Waals surface area contributed by atoms with Crippen molar-refractivity contribution < 1.29 is 47.0 Å². The second kappa shape index (κ2) is 20.4. The SMILES string of the molecule is Cc1ccccc1[C@H](CC(=O)O)NC(=O)c1cc(-c2ccccc2)n(Cc2ccccc2)n1.O=C(O)C[C@H](NC(=O)c1nc(-c2ccccc2)oc1C(F)(F)F)c1ccccc1Cl. The number of oxazole rings is 1. The number of aryl methyl sites for hydroxylation is 1. The van der Waals surface area contributed by atoms with Gasteiger partial charge in [-0.25, -0.2) is 4.98 Å². The fourth-order valence-corrected chi connectivity index (χ4v) is 6.90. The highest BCUT2D eigenvalue weighted by molar-refractivity contribution is 6.31. The van der Waals surface area contributed by atoms with Crippen LogP contribution in [0.2, 0.25) is 5.02 Å². The zero-order chi connectivity index (χ0) is 45.1. The first-order valence-corrected chi connectivity index (χ1v) is 19.7. The number of hydrogen-bond acceptors (Lipinski definition) is 7. The fourth-order valence-electron chi connectivity index (χ4n) is 6.64. The zero-order valence-corrected chi connectivity index (χ0v) is 34.2. The number of carboxylic acids is 2. The van der Waals surface area contributed by atoms with E-state index in [4.69, 9.17) is 21.1 Å². The third kappa shape index (κ3) is 11.9. The summed E-state index contributed by atoms with van der Waals surface area (Å²) in [7, 11) is 0. The highest BCUT2D eigenvalue weighted by Crippen LogP contribution is 2.36. The van der Waals surface area contributed by atoms with Crippen LogP contribution in [0, 0.1) is 6.92 Å². The Labute approximate surface area is 364 Å². The highest BCUT2D eigenvalue weighted by atomic mass is 35.5. The van der Waals surface area contributed by atoms with Crippen LogP contribution in [0.15, 0.2) is 150 Å². The molecule has 0 aliphatic rings. The zero-order valence-electron chi connectivity index (χ0n) is 33.4. The predicted octanol–water partition coefficient (Wildman–Crippen LogP) is 9.81. The standard InChI is InChI=1S/C27H25N3O3.C20H14ClF3N2O4/c1-19-10-8-9-15-22(19)23(17-26(31)32)28-27(33)24-16-25(21-13-6-3-7-14-21)30(29-24)18-20-11-4-2-5-12-20;21-13-9-5-4-8-12(13)14(10-15(27)28)25-18(29)16-17(20(22,23)24)30-19(26-16)11-6-2-1-3-7-11/h2-16,23H,17-18H2,1H3,(H,28,33)(H,31,32);1-9,14H,10H2,(H,25,29)(H,27,28)/t23-;14-/m00/s1. The molecule has 16 heteroatoms. The van der Waals surface area contributed by atoms with Gasteiger partial charge in [-0.1, -0.05) is 133 Å². The third-order valence-electron chi connectivity index (χ3n) is 9.59. The molecular formula is C47H39ClF3N5O7. The lowest BCUT2D eigenvalue weighted by molar-refractivity contribution is -0.153. The first-order chi connectivity index (χ1) is 30.2. The van der Waals surface area contributed by atoms with Crippen molar-refractivity contribution in [1.82, 2.24) is 25.4 Å². The summed E-state index contributed by atoms with van der Waals surface area (Å²) in [5.41, 5.74) is 4.26. The minimum absolute atomic E-state index is 0.158. The number of nitrogens with one attached hydrogen (secondary N) is 2. The summed E-state index contributed by atoms with van der Waals surface area (Å²) in [6.45, 7) is 2.41. The number of rotatable bonds is 14. The van der Waals surface area contributed by atoms with Gasteiger partial charge in [-0.05, 0) is 59.0 Å². The Morgan fingerprint density at radius 3 is 1.78 bits per heavy atom. The Kier molecular flexibility index (Phi) is 14.5. The van der Waals surface area contributed by atoms with E-state index in [-0.39, 0.29) is 34.2 Å². The van der Waals surface area contributed by atoms with Crippen molar-refractivity contribution in [1.29, 1.82) is 0 Å². The van der Waals surface area contributed by atoms with Crippen LogP contribution in [-0.2, 0) is 22.3 Å². The van der Waals surface area contributed by atoms with Crippen molar-refractivity contribution in [2.45, 2.75) is 44.6 Å². The molecule has 63 heavy (non-hydrogen) atoms. The van der Waals surface area contributed by atoms with Gasteiger partial charge in [-0.3, -0.25) is 23.9 Å². The second-order valence-electron chi connectivity index (χ2n) is 14.1. The van der Waals surface area contributed by atoms with Gasteiger partial charge in [-0.15, -0.1) is 0 Å². The lowest BCUT2D eigenvalue weighted by Crippen LogP contribution is -2.32. The topological polar surface area (TPSA) is 177 Å². The van der Waals surface area contributed by atoms with Crippen LogP contribution in [0.1, 0.15) is 73.9 Å². The molecule has 0 bridgehead atoms. The van der Waals surface area contributed by atoms with Crippen molar-refractivity contribution in [2.75, 3.05) is 0 Å². The molecule has 0 spiro atoms. The van der Waals surface area contributed by atoms with Gasteiger partial charge in [0.25, 0.3) is 11.8 Å². The number of carboxylic acid groups (broad SMARTS) is 2. The van der Waals surface area contributed by atoms with Gasteiger partial charge in [0.05, 0.1) is 37.2 Å². The number of aliphatic carboxylic acids is 2. The van der Waals surface area contributed by atoms with E-state index in [0.717, 1.165) is 27.9 Å². The Hall–Kier alpha value is -7.52. The van der Waals surface area contributed by atoms with Gasteiger partial charge >= 0.3 is 18.1 Å². The van der Waals surface area contributed by atoms with Crippen LogP contribution < -0.4 is 10.6 Å². The van der Waals surface area contributed by atoms with Gasteiger partial charge in [-0.2, -0.15) is 18.3 Å². The smallest absolute Gasteiger partial charge is 0.452 e. The average molecular weight is 878 g/mol. The summed E-state index contributed by atoms with van der Waals surface area (Å²) in [6.07, 6.45) is -5.80. The van der Waals surface area contributed by atoms with E-state index in [1.165, 1.54) is 24.3 Å². The molecule has 4 N–H and O–H groups in total. The molecule has 0 fully saturated rings. The third-order valence-corrected chi connectivity index (χ3v) is 9.93. The van der Waals surface area contributed by atoms with E-state index < -0.39 is 59.9 Å². The number of hydrogen-bond donors (Lipinski definition) is 4. The normalized spacial score (nSPS) is 12.0. The molecule has 2 aromatic heterocycles. The van der Waals surface area contributed by atoms with Crippen LogP contribution in [0.5, 0.6) is 0 Å². The van der Waals surface area contributed by atoms with Gasteiger partial charge in [0.1, 0.15) is 0 Å². The monoisotopic (exact) mass is 877 g/mol. The van der Waals surface area contributed by atoms with Crippen LogP contribution >= 0.6 is 11.6 Å². The second-order valence-corrected chi connectivity index (χ2v) is 14.5. The number of alkyl halides is 3. The van der Waals surface area contributed by atoms with E-state index in [1.807, 2.05) is 91.9 Å². The summed E-state index contributed by atoms with van der Waals surface area (Å²) in [4.78, 5) is 52.3. The Balaban J connectivity index is 0.000000211. The van der Waals surface area contributed by atoms with Crippen molar-refractivity contribution in [3.8, 4) is 22.7 Å². The maximum atomic E-state index is 13.4. The number of halogens is 4. The van der Waals surface area contributed by atoms with E-state index in [9.17, 15) is 37.5 Å². The van der Waals surface area contributed by atoms with Crippen LogP contribution in [0.4, 0.5) is 13.2 Å². The molecule has 7 aromatic rings. The number of carbonyl (C=O) groups is 4. The molecule has 0 saturated heterocycles. The molecule has 0 aliphatic carbocycles. The number of carbonyl (C=O) groups excluding carboxylic acids is 2. The summed E-state index contributed by atoms with van der Waals surface area (Å²) in [5.74, 6) is -5.87. The molecule has 5 aromatic carbocycles. The average Bonchev–Trinajstić information content (AvgIpc) is 3.91. The molecule has 2 heterocycles. The maximum absolute atomic E-state index is 13.4. The van der Waals surface area contributed by atoms with E-state index in [2.05, 4.69) is 20.7 Å². The van der Waals surface area contributed by atoms with Crippen LogP contribution in [0.25, 0.3) is 22.7 Å². The highest BCUT2D eigenvalue weighted by Gasteiger charge is 2.42. The van der Waals surface area contributed by atoms with Gasteiger partial charge < -0.3 is 25.3 Å². The summed E-state index contributed by atoms with van der Waals surface area (Å²) in [5, 5.41) is 28.5. The minimum atomic E-state index is -4.99. The number of amides is 2. The lowest BCUT2D eigenvalue weighted by Gasteiger charge is -2.18. The molecule has 12 nitrogen and oxygen atoms in total. The maximum Gasteiger partial charge on any atom is 0.452 e. The predicted molar refractivity (Wildman–Crippen MR) is 228 cm³/mol. The Morgan fingerprint density at radius 1 is 0.698 bits per heavy atom. The Bertz CT molecular complexity index is 2690. The minimum Gasteiger partial charge on any atom is -0.481 e. The Morgan fingerprint density at radius 2 is 1.21 bits per heavy atom. The largest absolute Gasteiger partial charge is 0.481 e. The van der Waals surface area contributed by atoms with Crippen molar-refractivity contribution in [3.63, 3.8) is 0 Å². The van der Waals surface area contributed by atoms with Crippen molar-refractivity contribution in [3.05, 3.63) is 190 Å². The summed E-state index contributed by atoms with van der Waals surface area (Å²) >= 11 is 6.06. The number of aromatic nitrogens is 3. The molecule has 2 amide bonds.